The van der Waals surface area contributed by atoms with Crippen LogP contribution in [0.15, 0.2) is 0 Å². The van der Waals surface area contributed by atoms with Crippen LogP contribution in [0.25, 0.3) is 0 Å². The summed E-state index contributed by atoms with van der Waals surface area (Å²) in [5.41, 5.74) is 0. The smallest absolute Gasteiger partial charge is 0.822 e. The third kappa shape index (κ3) is 113. The molecule has 0 saturated heterocycles. The second-order valence-corrected chi connectivity index (χ2v) is 1.34. The molecule has 0 bridgehead atoms. The summed E-state index contributed by atoms with van der Waals surface area (Å²) in [6.07, 6.45) is 0. The van der Waals surface area contributed by atoms with Gasteiger partial charge in [0.15, 0.2) is 0 Å². The van der Waals surface area contributed by atoms with E-state index in [4.69, 9.17) is 19.2 Å². The van der Waals surface area contributed by atoms with Crippen molar-refractivity contribution in [1.29, 1.82) is 0 Å². The molecule has 0 aliphatic heterocycles. The monoisotopic (exact) mass is 265 g/mol. The summed E-state index contributed by atoms with van der Waals surface area (Å²) in [5.74, 6) is 0. The number of hydrogen-bond donors (Lipinski definition) is 0. The third-order valence-corrected chi connectivity index (χ3v) is 0. The molecule has 1 radical (unpaired) electrons. The molecule has 0 atom stereocenters. The topological polar surface area (TPSA) is 86.2 Å². The van der Waals surface area contributed by atoms with E-state index in [1.165, 1.54) is 0 Å². The molecule has 0 heterocycles. The van der Waals surface area contributed by atoms with Gasteiger partial charge in [0.1, 0.15) is 0 Å². The van der Waals surface area contributed by atoms with Crippen LogP contribution >= 0.6 is 7.82 Å². The molecule has 0 aliphatic rings. The van der Waals surface area contributed by atoms with E-state index in [2.05, 4.69) is 0 Å². The maximum Gasteiger partial charge on any atom is 2.00 e. The van der Waals surface area contributed by atoms with Crippen LogP contribution in [0.1, 0.15) is 0 Å². The van der Waals surface area contributed by atoms with Crippen LogP contribution in [0.5, 0.6) is 0 Å². The summed E-state index contributed by atoms with van der Waals surface area (Å²) in [4.78, 5) is 25.6. The van der Waals surface area contributed by atoms with E-state index >= 15 is 0 Å². The van der Waals surface area contributed by atoms with E-state index in [0.717, 1.165) is 0 Å². The average molecular weight is 266 g/mol. The van der Waals surface area contributed by atoms with Crippen LogP contribution in [-0.2, 0) is 44.0 Å². The molecule has 0 amide bonds. The maximum atomic E-state index is 8.55. The summed E-state index contributed by atoms with van der Waals surface area (Å²) < 4.78 is 8.55. The first kappa shape index (κ1) is 15.8. The molecule has 0 rings (SSSR count). The van der Waals surface area contributed by atoms with E-state index in [1.54, 1.807) is 0 Å². The van der Waals surface area contributed by atoms with Gasteiger partial charge in [-0.1, -0.05) is 0 Å². The molecule has 0 aromatic carbocycles. The molecular formula is AgCuO4P. The van der Waals surface area contributed by atoms with Crippen LogP contribution in [0, 0.1) is 0 Å². The van der Waals surface area contributed by atoms with Crippen molar-refractivity contribution in [3.63, 3.8) is 0 Å². The fourth-order valence-corrected chi connectivity index (χ4v) is 0. The Kier molecular flexibility index (Phi) is 12.4. The first-order valence-corrected chi connectivity index (χ1v) is 2.19. The Morgan fingerprint density at radius 2 is 1.14 bits per heavy atom. The Morgan fingerprint density at radius 3 is 1.14 bits per heavy atom. The van der Waals surface area contributed by atoms with E-state index in [1.807, 2.05) is 0 Å². The average Bonchev–Trinajstić information content (AvgIpc) is 0.722. The molecular weight excluding hydrogens is 266 g/mol. The summed E-state index contributed by atoms with van der Waals surface area (Å²) in [7, 11) is -5.39. The fourth-order valence-electron chi connectivity index (χ4n) is 0. The van der Waals surface area contributed by atoms with Gasteiger partial charge in [-0.2, -0.15) is 7.82 Å². The first-order chi connectivity index (χ1) is 2.00. The molecule has 0 fully saturated rings. The normalized spacial score (nSPS) is 8.43. The van der Waals surface area contributed by atoms with Crippen molar-refractivity contribution >= 4 is 7.82 Å². The standard InChI is InChI=1S/Ag.Cu.H3O4P/c;;1-5(2,3)4/h;;(H3,1,2,3,4)/q+1;+2;/p-3. The zero-order valence-corrected chi connectivity index (χ0v) is 6.00. The summed E-state index contributed by atoms with van der Waals surface area (Å²) in [5, 5.41) is 0. The van der Waals surface area contributed by atoms with Crippen LogP contribution in [0.2, 0.25) is 0 Å². The van der Waals surface area contributed by atoms with Gasteiger partial charge < -0.3 is 19.2 Å². The van der Waals surface area contributed by atoms with Crippen LogP contribution in [0.3, 0.4) is 0 Å². The van der Waals surface area contributed by atoms with Crippen LogP contribution in [-0.4, -0.2) is 0 Å². The predicted octanol–water partition coefficient (Wildman–Crippen LogP) is -2.83. The SMILES string of the molecule is O=P([O-])([O-])[O-].[Ag+].[Cu+2]. The minimum absolute atomic E-state index is 0. The predicted molar refractivity (Wildman–Crippen MR) is 7.61 cm³/mol. The van der Waals surface area contributed by atoms with E-state index < -0.39 is 7.82 Å². The Bertz CT molecular complexity index is 57.8. The van der Waals surface area contributed by atoms with E-state index in [-0.39, 0.29) is 39.4 Å². The van der Waals surface area contributed by atoms with Crippen molar-refractivity contribution in [3.8, 4) is 0 Å². The molecule has 0 aromatic heterocycles. The molecule has 0 aliphatic carbocycles. The minimum atomic E-state index is -5.39. The number of phosphoric acid groups is 1. The van der Waals surface area contributed by atoms with Crippen molar-refractivity contribution in [1.82, 2.24) is 0 Å². The van der Waals surface area contributed by atoms with Crippen LogP contribution < -0.4 is 14.7 Å². The minimum Gasteiger partial charge on any atom is -0.822 e. The second kappa shape index (κ2) is 5.51. The van der Waals surface area contributed by atoms with Crippen molar-refractivity contribution in [2.45, 2.75) is 0 Å². The van der Waals surface area contributed by atoms with Crippen molar-refractivity contribution < 1.29 is 58.7 Å². The van der Waals surface area contributed by atoms with Gasteiger partial charge in [-0.3, -0.25) is 0 Å². The summed E-state index contributed by atoms with van der Waals surface area (Å²) in [6.45, 7) is 0. The molecule has 0 unspecified atom stereocenters. The second-order valence-electron chi connectivity index (χ2n) is 0.447. The molecule has 0 spiro atoms. The van der Waals surface area contributed by atoms with Gasteiger partial charge in [0.05, 0.1) is 0 Å². The maximum absolute atomic E-state index is 8.55. The third-order valence-electron chi connectivity index (χ3n) is 0. The van der Waals surface area contributed by atoms with Crippen molar-refractivity contribution in [2.24, 2.45) is 0 Å². The molecule has 0 N–H and O–H groups in total. The molecule has 0 saturated carbocycles. The Hall–Kier alpha value is 1.37. The molecule has 4 nitrogen and oxygen atoms in total. The van der Waals surface area contributed by atoms with Gasteiger partial charge in [-0.15, -0.1) is 0 Å². The summed E-state index contributed by atoms with van der Waals surface area (Å²) in [6, 6.07) is 0. The van der Waals surface area contributed by atoms with Gasteiger partial charge in [0.25, 0.3) is 0 Å². The van der Waals surface area contributed by atoms with Crippen molar-refractivity contribution in [3.05, 3.63) is 0 Å². The largest absolute Gasteiger partial charge is 2.00 e. The zero-order valence-electron chi connectivity index (χ0n) is 2.68. The van der Waals surface area contributed by atoms with Crippen molar-refractivity contribution in [2.75, 3.05) is 0 Å². The molecule has 0 aromatic rings. The van der Waals surface area contributed by atoms with Crippen LogP contribution in [0.4, 0.5) is 0 Å². The first-order valence-electron chi connectivity index (χ1n) is 0.730. The fraction of sp³-hybridized carbons (Fsp3) is 0. The Balaban J connectivity index is -0.0000000800. The Morgan fingerprint density at radius 1 is 1.14 bits per heavy atom. The van der Waals surface area contributed by atoms with E-state index in [0.29, 0.717) is 0 Å². The van der Waals surface area contributed by atoms with Gasteiger partial charge in [0.2, 0.25) is 0 Å². The molecule has 7 heteroatoms. The van der Waals surface area contributed by atoms with Gasteiger partial charge in [-0.05, 0) is 0 Å². The Labute approximate surface area is 66.5 Å². The molecule has 7 heavy (non-hydrogen) atoms. The quantitative estimate of drug-likeness (QED) is 0.349. The van der Waals surface area contributed by atoms with E-state index in [9.17, 15) is 0 Å². The number of hydrogen-bond acceptors (Lipinski definition) is 4. The van der Waals surface area contributed by atoms with Gasteiger partial charge in [0, 0.05) is 0 Å². The molecule has 51 valence electrons. The zero-order chi connectivity index (χ0) is 4.50. The number of rotatable bonds is 0. The van der Waals surface area contributed by atoms with Gasteiger partial charge in [-0.25, -0.2) is 0 Å². The van der Waals surface area contributed by atoms with Gasteiger partial charge >= 0.3 is 39.4 Å². The summed E-state index contributed by atoms with van der Waals surface area (Å²) >= 11 is 0.